The van der Waals surface area contributed by atoms with Crippen molar-refractivity contribution < 1.29 is 24.3 Å². The number of hydrogen-bond acceptors (Lipinski definition) is 6. The molecule has 4 N–H and O–H groups in total. The lowest BCUT2D eigenvalue weighted by molar-refractivity contribution is -0.157. The van der Waals surface area contributed by atoms with Crippen molar-refractivity contribution in [1.29, 1.82) is 0 Å². The smallest absolute Gasteiger partial charge is 0.249 e. The molecular weight excluding hydrogens is 422 g/mol. The molecule has 0 aromatic carbocycles. The van der Waals surface area contributed by atoms with Crippen molar-refractivity contribution >= 4 is 11.8 Å². The molecule has 1 spiro atoms. The lowest BCUT2D eigenvalue weighted by atomic mass is 9.63. The number of ether oxygens (including phenoxy) is 1. The molecule has 6 atom stereocenters. The van der Waals surface area contributed by atoms with E-state index in [-0.39, 0.29) is 23.1 Å². The Balaban J connectivity index is 1.28. The van der Waals surface area contributed by atoms with Crippen molar-refractivity contribution in [1.82, 2.24) is 10.4 Å². The summed E-state index contributed by atoms with van der Waals surface area (Å²) in [5.41, 5.74) is 8.15. The molecule has 0 aromatic heterocycles. The third-order valence-corrected chi connectivity index (χ3v) is 8.63. The standard InChI is InChI=1S/C25H43N3O5/c1-24(2,3)33-27-22(30)18-6-5-17(13-20(18)29)23(31)28-10-8-25(9-11-28)15-32-21-7-4-16(14-26)12-19(21)25/h16-21,29H,4-15,26H2,1-3H3,(H,27,30). The zero-order valence-electron chi connectivity index (χ0n) is 20.6. The topological polar surface area (TPSA) is 114 Å². The highest BCUT2D eigenvalue weighted by atomic mass is 16.7. The summed E-state index contributed by atoms with van der Waals surface area (Å²) in [5, 5.41) is 10.6. The van der Waals surface area contributed by atoms with Gasteiger partial charge in [-0.05, 0) is 90.5 Å². The van der Waals surface area contributed by atoms with E-state index in [1.54, 1.807) is 0 Å². The molecule has 0 bridgehead atoms. The number of nitrogens with one attached hydrogen (secondary N) is 1. The summed E-state index contributed by atoms with van der Waals surface area (Å²) in [5.74, 6) is 0.256. The maximum atomic E-state index is 13.3. The van der Waals surface area contributed by atoms with Gasteiger partial charge in [-0.1, -0.05) is 0 Å². The number of amides is 2. The summed E-state index contributed by atoms with van der Waals surface area (Å²) < 4.78 is 6.22. The summed E-state index contributed by atoms with van der Waals surface area (Å²) in [7, 11) is 0. The highest BCUT2D eigenvalue weighted by Crippen LogP contribution is 2.52. The highest BCUT2D eigenvalue weighted by Gasteiger charge is 2.53. The van der Waals surface area contributed by atoms with Crippen LogP contribution in [0.15, 0.2) is 0 Å². The minimum Gasteiger partial charge on any atom is -0.392 e. The molecule has 2 amide bonds. The van der Waals surface area contributed by atoms with Gasteiger partial charge < -0.3 is 20.5 Å². The van der Waals surface area contributed by atoms with Crippen LogP contribution in [0.3, 0.4) is 0 Å². The molecule has 8 heteroatoms. The van der Waals surface area contributed by atoms with Gasteiger partial charge in [-0.3, -0.25) is 14.4 Å². The van der Waals surface area contributed by atoms with Gasteiger partial charge in [0, 0.05) is 24.4 Å². The molecule has 2 aliphatic heterocycles. The van der Waals surface area contributed by atoms with Crippen molar-refractivity contribution in [3.8, 4) is 0 Å². The molecule has 4 rings (SSSR count). The van der Waals surface area contributed by atoms with Gasteiger partial charge in [-0.15, -0.1) is 0 Å². The van der Waals surface area contributed by atoms with Gasteiger partial charge in [0.2, 0.25) is 11.8 Å². The number of piperidine rings is 1. The number of carbonyl (C=O) groups is 2. The van der Waals surface area contributed by atoms with Crippen LogP contribution in [0.1, 0.15) is 72.1 Å². The molecule has 4 aliphatic rings. The van der Waals surface area contributed by atoms with Crippen LogP contribution < -0.4 is 11.2 Å². The fraction of sp³-hybridized carbons (Fsp3) is 0.920. The molecule has 2 aliphatic carbocycles. The monoisotopic (exact) mass is 465 g/mol. The molecule has 4 fully saturated rings. The van der Waals surface area contributed by atoms with Crippen molar-refractivity contribution in [2.24, 2.45) is 34.8 Å². The highest BCUT2D eigenvalue weighted by molar-refractivity contribution is 5.81. The van der Waals surface area contributed by atoms with Crippen molar-refractivity contribution in [2.75, 3.05) is 26.2 Å². The lowest BCUT2D eigenvalue weighted by Gasteiger charge is -2.46. The van der Waals surface area contributed by atoms with Crippen LogP contribution >= 0.6 is 0 Å². The number of rotatable bonds is 4. The van der Waals surface area contributed by atoms with Gasteiger partial charge in [0.15, 0.2) is 0 Å². The van der Waals surface area contributed by atoms with Crippen LogP contribution in [0, 0.1) is 29.1 Å². The summed E-state index contributed by atoms with van der Waals surface area (Å²) in [4.78, 5) is 33.0. The van der Waals surface area contributed by atoms with Crippen molar-refractivity contribution in [2.45, 2.75) is 89.9 Å². The predicted molar refractivity (Wildman–Crippen MR) is 124 cm³/mol. The van der Waals surface area contributed by atoms with Crippen LogP contribution in [-0.4, -0.2) is 65.9 Å². The Morgan fingerprint density at radius 1 is 1.15 bits per heavy atom. The lowest BCUT2D eigenvalue weighted by Crippen LogP contribution is -2.51. The van der Waals surface area contributed by atoms with E-state index in [0.717, 1.165) is 51.9 Å². The molecule has 0 aromatic rings. The van der Waals surface area contributed by atoms with Gasteiger partial charge in [-0.25, -0.2) is 5.48 Å². The molecule has 0 radical (unpaired) electrons. The quantitative estimate of drug-likeness (QED) is 0.547. The average Bonchev–Trinajstić information content (AvgIpc) is 3.14. The Bertz CT molecular complexity index is 715. The Morgan fingerprint density at radius 2 is 1.88 bits per heavy atom. The first-order valence-corrected chi connectivity index (χ1v) is 12.9. The molecule has 6 unspecified atom stereocenters. The number of fused-ring (bicyclic) bond motifs is 2. The first-order chi connectivity index (χ1) is 15.6. The van der Waals surface area contributed by atoms with E-state index in [4.69, 9.17) is 15.3 Å². The zero-order chi connectivity index (χ0) is 23.8. The minimum atomic E-state index is -0.827. The number of aliphatic hydroxyl groups is 1. The largest absolute Gasteiger partial charge is 0.392 e. The number of aliphatic hydroxyl groups excluding tert-OH is 1. The Labute approximate surface area is 197 Å². The van der Waals surface area contributed by atoms with Crippen LogP contribution in [0.2, 0.25) is 0 Å². The molecule has 2 saturated carbocycles. The fourth-order valence-corrected chi connectivity index (χ4v) is 6.57. The Hall–Kier alpha value is -1.22. The average molecular weight is 466 g/mol. The van der Waals surface area contributed by atoms with Gasteiger partial charge >= 0.3 is 0 Å². The Morgan fingerprint density at radius 3 is 2.52 bits per heavy atom. The molecule has 33 heavy (non-hydrogen) atoms. The normalized spacial score (nSPS) is 36.5. The second-order valence-corrected chi connectivity index (χ2v) is 11.9. The summed E-state index contributed by atoms with van der Waals surface area (Å²) in [6, 6.07) is 0. The first kappa shape index (κ1) is 24.9. The second-order valence-electron chi connectivity index (χ2n) is 11.9. The number of nitrogens with two attached hydrogens (primary N) is 1. The van der Waals surface area contributed by atoms with E-state index in [0.29, 0.717) is 37.2 Å². The number of carbonyl (C=O) groups excluding carboxylic acids is 2. The molecule has 188 valence electrons. The molecular formula is C25H43N3O5. The van der Waals surface area contributed by atoms with Crippen molar-refractivity contribution in [3.63, 3.8) is 0 Å². The van der Waals surface area contributed by atoms with E-state index in [2.05, 4.69) is 5.48 Å². The van der Waals surface area contributed by atoms with E-state index in [9.17, 15) is 14.7 Å². The number of hydrogen-bond donors (Lipinski definition) is 3. The summed E-state index contributed by atoms with van der Waals surface area (Å²) in [6.07, 6.45) is 6.41. The van der Waals surface area contributed by atoms with Gasteiger partial charge in [0.1, 0.15) is 0 Å². The summed E-state index contributed by atoms with van der Waals surface area (Å²) >= 11 is 0. The maximum absolute atomic E-state index is 13.3. The van der Waals surface area contributed by atoms with E-state index >= 15 is 0 Å². The second kappa shape index (κ2) is 9.80. The van der Waals surface area contributed by atoms with E-state index < -0.39 is 17.6 Å². The maximum Gasteiger partial charge on any atom is 0.249 e. The van der Waals surface area contributed by atoms with Crippen LogP contribution in [0.5, 0.6) is 0 Å². The fourth-order valence-electron chi connectivity index (χ4n) is 6.57. The predicted octanol–water partition coefficient (Wildman–Crippen LogP) is 1.99. The summed E-state index contributed by atoms with van der Waals surface area (Å²) in [6.45, 7) is 8.65. The third kappa shape index (κ3) is 5.39. The van der Waals surface area contributed by atoms with Gasteiger partial charge in [-0.2, -0.15) is 0 Å². The molecule has 2 heterocycles. The number of hydroxylamine groups is 1. The third-order valence-electron chi connectivity index (χ3n) is 8.63. The van der Waals surface area contributed by atoms with Crippen molar-refractivity contribution in [3.05, 3.63) is 0 Å². The van der Waals surface area contributed by atoms with Gasteiger partial charge in [0.05, 0.1) is 30.3 Å². The Kier molecular flexibility index (Phi) is 7.39. The van der Waals surface area contributed by atoms with Crippen LogP contribution in [0.25, 0.3) is 0 Å². The number of likely N-dealkylation sites (tertiary alicyclic amines) is 1. The SMILES string of the molecule is CC(C)(C)ONC(=O)C1CCC(C(=O)N2CCC3(CC2)COC2CCC(CN)CC23)CC1O. The number of nitrogens with zero attached hydrogens (tertiary/aromatic N) is 1. The first-order valence-electron chi connectivity index (χ1n) is 12.9. The van der Waals surface area contributed by atoms with E-state index in [1.165, 1.54) is 6.42 Å². The zero-order valence-corrected chi connectivity index (χ0v) is 20.6. The molecule has 2 saturated heterocycles. The van der Waals surface area contributed by atoms with E-state index in [1.807, 2.05) is 25.7 Å². The van der Waals surface area contributed by atoms with Crippen LogP contribution in [0.4, 0.5) is 0 Å². The molecule has 8 nitrogen and oxygen atoms in total. The minimum absolute atomic E-state index is 0.132. The van der Waals surface area contributed by atoms with Crippen LogP contribution in [-0.2, 0) is 19.2 Å². The van der Waals surface area contributed by atoms with Gasteiger partial charge in [0.25, 0.3) is 0 Å².